The Morgan fingerprint density at radius 1 is 1.23 bits per heavy atom. The highest BCUT2D eigenvalue weighted by Crippen LogP contribution is 2.48. The molecular weight excluding hydrogens is 348 g/mol. The van der Waals surface area contributed by atoms with E-state index in [0.717, 1.165) is 37.3 Å². The molecule has 1 amide bonds. The lowest BCUT2D eigenvalue weighted by Gasteiger charge is -2.23. The maximum atomic E-state index is 12.1. The second kappa shape index (κ2) is 8.76. The fourth-order valence-corrected chi connectivity index (χ4v) is 3.89. The Labute approximate surface area is 161 Å². The molecule has 0 unspecified atom stereocenters. The van der Waals surface area contributed by atoms with E-state index in [1.165, 1.54) is 24.8 Å². The molecule has 0 atom stereocenters. The fraction of sp³-hybridized carbons (Fsp3) is 0.600. The van der Waals surface area contributed by atoms with E-state index >= 15 is 0 Å². The lowest BCUT2D eigenvalue weighted by atomic mass is 9.95. The summed E-state index contributed by atoms with van der Waals surface area (Å²) in [5.41, 5.74) is 1.40. The van der Waals surface area contributed by atoms with E-state index < -0.39 is 0 Å². The molecule has 3 rings (SSSR count). The molecule has 2 aliphatic rings. The Hall–Kier alpha value is -1.75. The minimum absolute atomic E-state index is 0.0378. The number of nitrogens with zero attached hydrogens (tertiary/aromatic N) is 1. The zero-order valence-corrected chi connectivity index (χ0v) is 16.2. The number of aliphatic imine (C=N–C) groups is 1. The number of hydrogen-bond acceptors (Lipinski definition) is 2. The summed E-state index contributed by atoms with van der Waals surface area (Å²) < 4.78 is 0. The molecule has 1 aromatic rings. The van der Waals surface area contributed by atoms with Gasteiger partial charge < -0.3 is 16.0 Å². The van der Waals surface area contributed by atoms with Crippen LogP contribution in [0.4, 0.5) is 0 Å². The third-order valence-corrected chi connectivity index (χ3v) is 5.73. The first-order valence-electron chi connectivity index (χ1n) is 9.61. The van der Waals surface area contributed by atoms with E-state index in [0.29, 0.717) is 12.0 Å². The quantitative estimate of drug-likeness (QED) is 0.528. The number of nitrogens with one attached hydrogen (secondary N) is 3. The number of carbonyl (C=O) groups excluding carboxylic acids is 1. The van der Waals surface area contributed by atoms with Crippen LogP contribution in [-0.4, -0.2) is 38.0 Å². The largest absolute Gasteiger partial charge is 0.356 e. The van der Waals surface area contributed by atoms with Crippen LogP contribution in [0.15, 0.2) is 29.3 Å². The molecule has 2 fully saturated rings. The van der Waals surface area contributed by atoms with Crippen molar-refractivity contribution in [3.05, 3.63) is 34.9 Å². The Morgan fingerprint density at radius 2 is 2.00 bits per heavy atom. The minimum atomic E-state index is 0.0378. The van der Waals surface area contributed by atoms with E-state index in [1.54, 1.807) is 7.05 Å². The lowest BCUT2D eigenvalue weighted by Crippen LogP contribution is -2.47. The monoisotopic (exact) mass is 376 g/mol. The summed E-state index contributed by atoms with van der Waals surface area (Å²) in [6.45, 7) is 1.04. The number of carbonyl (C=O) groups is 1. The van der Waals surface area contributed by atoms with Crippen LogP contribution in [0, 0.1) is 0 Å². The molecule has 5 nitrogen and oxygen atoms in total. The van der Waals surface area contributed by atoms with Gasteiger partial charge in [0.15, 0.2) is 5.96 Å². The lowest BCUT2D eigenvalue weighted by molar-refractivity contribution is -0.120. The van der Waals surface area contributed by atoms with Crippen molar-refractivity contribution in [3.8, 4) is 0 Å². The van der Waals surface area contributed by atoms with Crippen molar-refractivity contribution < 1.29 is 4.79 Å². The fourth-order valence-electron chi connectivity index (χ4n) is 3.70. The van der Waals surface area contributed by atoms with Gasteiger partial charge in [0.25, 0.3) is 0 Å². The second-order valence-corrected chi connectivity index (χ2v) is 7.91. The smallest absolute Gasteiger partial charge is 0.239 e. The van der Waals surface area contributed by atoms with Gasteiger partial charge in [-0.25, -0.2) is 0 Å². The van der Waals surface area contributed by atoms with Crippen molar-refractivity contribution in [1.29, 1.82) is 0 Å². The van der Waals surface area contributed by atoms with Gasteiger partial charge in [-0.3, -0.25) is 9.79 Å². The number of guanidine groups is 1. The number of halogens is 1. The van der Waals surface area contributed by atoms with Crippen LogP contribution in [0.25, 0.3) is 0 Å². The summed E-state index contributed by atoms with van der Waals surface area (Å²) in [6.07, 6.45) is 8.19. The van der Waals surface area contributed by atoms with Crippen LogP contribution in [-0.2, 0) is 10.2 Å². The molecule has 3 N–H and O–H groups in total. The molecule has 6 heteroatoms. The zero-order valence-electron chi connectivity index (χ0n) is 15.5. The molecule has 2 saturated carbocycles. The van der Waals surface area contributed by atoms with Gasteiger partial charge >= 0.3 is 0 Å². The van der Waals surface area contributed by atoms with Crippen molar-refractivity contribution >= 4 is 23.5 Å². The van der Waals surface area contributed by atoms with Crippen LogP contribution < -0.4 is 16.0 Å². The van der Waals surface area contributed by atoms with E-state index in [-0.39, 0.29) is 17.9 Å². The normalized spacial score (nSPS) is 19.7. The Morgan fingerprint density at radius 3 is 2.65 bits per heavy atom. The molecule has 1 aromatic carbocycles. The number of benzene rings is 1. The third kappa shape index (κ3) is 5.13. The maximum absolute atomic E-state index is 12.1. The first-order valence-corrected chi connectivity index (χ1v) is 9.99. The van der Waals surface area contributed by atoms with Crippen molar-refractivity contribution in [3.63, 3.8) is 0 Å². The predicted octanol–water partition coefficient (Wildman–Crippen LogP) is 2.99. The number of hydrogen-bond donors (Lipinski definition) is 3. The maximum Gasteiger partial charge on any atom is 0.239 e. The van der Waals surface area contributed by atoms with E-state index in [9.17, 15) is 4.79 Å². The average molecular weight is 377 g/mol. The Bertz CT molecular complexity index is 651. The minimum Gasteiger partial charge on any atom is -0.356 e. The second-order valence-electron chi connectivity index (χ2n) is 7.47. The van der Waals surface area contributed by atoms with Gasteiger partial charge in [0.2, 0.25) is 5.91 Å². The molecule has 0 radical (unpaired) electrons. The van der Waals surface area contributed by atoms with Crippen LogP contribution in [0.3, 0.4) is 0 Å². The van der Waals surface area contributed by atoms with Gasteiger partial charge in [0.1, 0.15) is 0 Å². The third-order valence-electron chi connectivity index (χ3n) is 5.50. The van der Waals surface area contributed by atoms with Crippen molar-refractivity contribution in [2.45, 2.75) is 56.4 Å². The number of amides is 1. The van der Waals surface area contributed by atoms with E-state index in [4.69, 9.17) is 11.6 Å². The van der Waals surface area contributed by atoms with Crippen molar-refractivity contribution in [2.24, 2.45) is 4.99 Å². The molecule has 0 spiro atoms. The van der Waals surface area contributed by atoms with Gasteiger partial charge in [-0.15, -0.1) is 0 Å². The van der Waals surface area contributed by atoms with Crippen LogP contribution in [0.2, 0.25) is 5.02 Å². The standard InChI is InChI=1S/C20H29ClN4O/c1-22-19(23-13-18(26)25-17-8-3-2-4-9-17)24-14-20(10-11-20)15-6-5-7-16(21)12-15/h5-7,12,17H,2-4,8-11,13-14H2,1H3,(H,25,26)(H2,22,23,24). The van der Waals surface area contributed by atoms with E-state index in [1.807, 2.05) is 18.2 Å². The van der Waals surface area contributed by atoms with Gasteiger partial charge in [0, 0.05) is 30.1 Å². The molecule has 2 aliphatic carbocycles. The molecule has 0 aliphatic heterocycles. The van der Waals surface area contributed by atoms with Crippen LogP contribution in [0.1, 0.15) is 50.5 Å². The summed E-state index contributed by atoms with van der Waals surface area (Å²) in [5.74, 6) is 0.702. The van der Waals surface area contributed by atoms with Crippen molar-refractivity contribution in [2.75, 3.05) is 20.1 Å². The van der Waals surface area contributed by atoms with Gasteiger partial charge in [-0.2, -0.15) is 0 Å². The zero-order chi connectivity index (χ0) is 18.4. The molecule has 0 saturated heterocycles. The summed E-state index contributed by atoms with van der Waals surface area (Å²) in [4.78, 5) is 16.4. The summed E-state index contributed by atoms with van der Waals surface area (Å²) in [5, 5.41) is 10.4. The summed E-state index contributed by atoms with van der Waals surface area (Å²) >= 11 is 6.13. The summed E-state index contributed by atoms with van der Waals surface area (Å²) in [6, 6.07) is 8.42. The highest BCUT2D eigenvalue weighted by atomic mass is 35.5. The Balaban J connectivity index is 1.44. The number of rotatable bonds is 6. The predicted molar refractivity (Wildman–Crippen MR) is 107 cm³/mol. The van der Waals surface area contributed by atoms with Crippen molar-refractivity contribution in [1.82, 2.24) is 16.0 Å². The molecule has 0 aromatic heterocycles. The van der Waals surface area contributed by atoms with Gasteiger partial charge in [-0.1, -0.05) is 43.0 Å². The highest BCUT2D eigenvalue weighted by Gasteiger charge is 2.44. The van der Waals surface area contributed by atoms with E-state index in [2.05, 4.69) is 27.0 Å². The van der Waals surface area contributed by atoms with Crippen LogP contribution >= 0.6 is 11.6 Å². The SMILES string of the molecule is CN=C(NCC(=O)NC1CCCCC1)NCC1(c2cccc(Cl)c2)CC1. The Kier molecular flexibility index (Phi) is 6.41. The first kappa shape index (κ1) is 19.0. The molecule has 26 heavy (non-hydrogen) atoms. The first-order chi connectivity index (χ1) is 12.6. The molecule has 142 valence electrons. The molecule has 0 heterocycles. The average Bonchev–Trinajstić information content (AvgIpc) is 3.44. The topological polar surface area (TPSA) is 65.5 Å². The van der Waals surface area contributed by atoms with Crippen LogP contribution in [0.5, 0.6) is 0 Å². The summed E-state index contributed by atoms with van der Waals surface area (Å²) in [7, 11) is 1.73. The molecule has 0 bridgehead atoms. The highest BCUT2D eigenvalue weighted by molar-refractivity contribution is 6.30. The van der Waals surface area contributed by atoms with Gasteiger partial charge in [0.05, 0.1) is 6.54 Å². The van der Waals surface area contributed by atoms with Gasteiger partial charge in [-0.05, 0) is 43.4 Å². The molecular formula is C20H29ClN4O.